The molecule has 2 aromatic rings. The lowest BCUT2D eigenvalue weighted by Crippen LogP contribution is -2.04. The summed E-state index contributed by atoms with van der Waals surface area (Å²) in [5.74, 6) is -1.09. The number of hydrogen-bond acceptors (Lipinski definition) is 5. The molecule has 0 aliphatic heterocycles. The van der Waals surface area contributed by atoms with Gasteiger partial charge in [-0.05, 0) is 31.2 Å². The highest BCUT2D eigenvalue weighted by Crippen LogP contribution is 2.24. The van der Waals surface area contributed by atoms with Gasteiger partial charge < -0.3 is 5.11 Å². The van der Waals surface area contributed by atoms with Gasteiger partial charge in [0.25, 0.3) is 5.69 Å². The van der Waals surface area contributed by atoms with Gasteiger partial charge in [0.1, 0.15) is 0 Å². The van der Waals surface area contributed by atoms with Crippen molar-refractivity contribution in [2.75, 3.05) is 5.43 Å². The zero-order valence-corrected chi connectivity index (χ0v) is 12.7. The van der Waals surface area contributed by atoms with Crippen LogP contribution in [0.4, 0.5) is 11.4 Å². The highest BCUT2D eigenvalue weighted by atomic mass is 35.5. The number of para-hydroxylation sites is 1. The van der Waals surface area contributed by atoms with Gasteiger partial charge in [-0.1, -0.05) is 23.7 Å². The van der Waals surface area contributed by atoms with Crippen LogP contribution in [0.2, 0.25) is 5.02 Å². The quantitative estimate of drug-likeness (QED) is 0.492. The second-order valence-corrected chi connectivity index (χ2v) is 4.99. The summed E-state index contributed by atoms with van der Waals surface area (Å²) in [6.07, 6.45) is 0. The Labute approximate surface area is 136 Å². The predicted molar refractivity (Wildman–Crippen MR) is 87.3 cm³/mol. The van der Waals surface area contributed by atoms with Crippen molar-refractivity contribution < 1.29 is 14.8 Å². The van der Waals surface area contributed by atoms with Crippen LogP contribution in [0.25, 0.3) is 0 Å². The molecule has 0 radical (unpaired) electrons. The number of anilines is 1. The molecule has 2 N–H and O–H groups in total. The van der Waals surface area contributed by atoms with Crippen LogP contribution in [0.15, 0.2) is 47.6 Å². The Hall–Kier alpha value is -2.93. The molecule has 0 bridgehead atoms. The largest absolute Gasteiger partial charge is 0.478 e. The lowest BCUT2D eigenvalue weighted by atomic mass is 10.1. The van der Waals surface area contributed by atoms with Crippen LogP contribution in [-0.4, -0.2) is 21.7 Å². The number of hydrazone groups is 1. The number of carboxylic acid groups (broad SMARTS) is 1. The fraction of sp³-hybridized carbons (Fsp3) is 0.0667. The molecule has 0 fully saturated rings. The normalized spacial score (nSPS) is 11.1. The van der Waals surface area contributed by atoms with Crippen LogP contribution in [0.3, 0.4) is 0 Å². The van der Waals surface area contributed by atoms with Crippen LogP contribution in [0, 0.1) is 10.1 Å². The summed E-state index contributed by atoms with van der Waals surface area (Å²) in [4.78, 5) is 21.5. The first kappa shape index (κ1) is 16.4. The Balaban J connectivity index is 2.32. The third kappa shape index (κ3) is 3.83. The zero-order chi connectivity index (χ0) is 17.0. The van der Waals surface area contributed by atoms with Gasteiger partial charge in [-0.25, -0.2) is 4.79 Å². The molecule has 0 amide bonds. The van der Waals surface area contributed by atoms with E-state index in [2.05, 4.69) is 10.5 Å². The molecule has 7 nitrogen and oxygen atoms in total. The molecule has 0 saturated carbocycles. The number of nitrogens with zero attached hydrogens (tertiary/aromatic N) is 2. The topological polar surface area (TPSA) is 105 Å². The number of nitro groups is 1. The number of halogens is 1. The van der Waals surface area contributed by atoms with Crippen LogP contribution in [0.1, 0.15) is 22.8 Å². The maximum atomic E-state index is 11.0. The second kappa shape index (κ2) is 6.89. The van der Waals surface area contributed by atoms with E-state index in [1.54, 1.807) is 25.1 Å². The van der Waals surface area contributed by atoms with E-state index in [1.807, 2.05) is 0 Å². The van der Waals surface area contributed by atoms with E-state index in [0.717, 1.165) is 0 Å². The minimum Gasteiger partial charge on any atom is -0.478 e. The summed E-state index contributed by atoms with van der Waals surface area (Å²) in [5, 5.41) is 24.3. The molecule has 2 aromatic carbocycles. The number of benzene rings is 2. The Bertz CT molecular complexity index is 805. The average molecular weight is 334 g/mol. The summed E-state index contributed by atoms with van der Waals surface area (Å²) >= 11 is 5.98. The number of rotatable bonds is 5. The summed E-state index contributed by atoms with van der Waals surface area (Å²) < 4.78 is 0. The van der Waals surface area contributed by atoms with Gasteiger partial charge in [0.2, 0.25) is 0 Å². The molecule has 0 aliphatic rings. The Morgan fingerprint density at radius 1 is 1.30 bits per heavy atom. The van der Waals surface area contributed by atoms with Gasteiger partial charge in [0, 0.05) is 6.07 Å². The molecule has 0 heterocycles. The summed E-state index contributed by atoms with van der Waals surface area (Å²) in [6, 6.07) is 10.3. The van der Waals surface area contributed by atoms with E-state index >= 15 is 0 Å². The minimum absolute atomic E-state index is 0.0513. The fourth-order valence-electron chi connectivity index (χ4n) is 1.89. The molecule has 0 unspecified atom stereocenters. The van der Waals surface area contributed by atoms with Crippen molar-refractivity contribution in [1.82, 2.24) is 0 Å². The van der Waals surface area contributed by atoms with Gasteiger partial charge in [-0.15, -0.1) is 0 Å². The summed E-state index contributed by atoms with van der Waals surface area (Å²) in [6.45, 7) is 1.60. The van der Waals surface area contributed by atoms with E-state index in [4.69, 9.17) is 16.7 Å². The van der Waals surface area contributed by atoms with Crippen LogP contribution in [-0.2, 0) is 0 Å². The van der Waals surface area contributed by atoms with Crippen LogP contribution < -0.4 is 5.43 Å². The summed E-state index contributed by atoms with van der Waals surface area (Å²) in [5.41, 5.74) is 3.65. The van der Waals surface area contributed by atoms with E-state index < -0.39 is 10.9 Å². The van der Waals surface area contributed by atoms with E-state index in [9.17, 15) is 14.9 Å². The van der Waals surface area contributed by atoms with Crippen molar-refractivity contribution in [3.8, 4) is 0 Å². The van der Waals surface area contributed by atoms with Crippen LogP contribution >= 0.6 is 11.6 Å². The number of carbonyl (C=O) groups is 1. The third-order valence-corrected chi connectivity index (χ3v) is 3.38. The smallest absolute Gasteiger partial charge is 0.335 e. The zero-order valence-electron chi connectivity index (χ0n) is 12.0. The first-order valence-electron chi connectivity index (χ1n) is 6.47. The monoisotopic (exact) mass is 333 g/mol. The molecule has 0 saturated heterocycles. The van der Waals surface area contributed by atoms with Crippen LogP contribution in [0.5, 0.6) is 0 Å². The van der Waals surface area contributed by atoms with Crippen molar-refractivity contribution in [3.63, 3.8) is 0 Å². The SMILES string of the molecule is C/C(=N/Nc1cc(C(=O)O)ccc1Cl)c1ccccc1[N+](=O)[O-]. The van der Waals surface area contributed by atoms with Gasteiger partial charge in [-0.2, -0.15) is 5.10 Å². The first-order chi connectivity index (χ1) is 10.9. The Kier molecular flexibility index (Phi) is 4.92. The highest BCUT2D eigenvalue weighted by Gasteiger charge is 2.15. The minimum atomic E-state index is -1.09. The molecule has 0 spiro atoms. The van der Waals surface area contributed by atoms with E-state index in [1.165, 1.54) is 24.3 Å². The Morgan fingerprint density at radius 2 is 2.00 bits per heavy atom. The molecular weight excluding hydrogens is 322 g/mol. The maximum Gasteiger partial charge on any atom is 0.335 e. The van der Waals surface area contributed by atoms with Gasteiger partial charge in [0.15, 0.2) is 0 Å². The number of hydrogen-bond donors (Lipinski definition) is 2. The van der Waals surface area contributed by atoms with Crippen molar-refractivity contribution in [3.05, 3.63) is 68.7 Å². The van der Waals surface area contributed by atoms with Crippen molar-refractivity contribution in [2.45, 2.75) is 6.92 Å². The number of carboxylic acids is 1. The lowest BCUT2D eigenvalue weighted by molar-refractivity contribution is -0.385. The number of nitrogens with one attached hydrogen (secondary N) is 1. The fourth-order valence-corrected chi connectivity index (χ4v) is 2.05. The average Bonchev–Trinajstić information content (AvgIpc) is 2.53. The first-order valence-corrected chi connectivity index (χ1v) is 6.85. The molecular formula is C15H12ClN3O4. The summed E-state index contributed by atoms with van der Waals surface area (Å²) in [7, 11) is 0. The van der Waals surface area contributed by atoms with Crippen molar-refractivity contribution >= 4 is 34.7 Å². The standard InChI is InChI=1S/C15H12ClN3O4/c1-9(11-4-2-3-5-14(11)19(22)23)17-18-13-8-10(15(20)21)6-7-12(13)16/h2-8,18H,1H3,(H,20,21)/b17-9-. The number of nitro benzene ring substituents is 1. The predicted octanol–water partition coefficient (Wildman–Crippen LogP) is 3.78. The number of aromatic carboxylic acids is 1. The van der Waals surface area contributed by atoms with Crippen molar-refractivity contribution in [2.24, 2.45) is 5.10 Å². The molecule has 0 atom stereocenters. The van der Waals surface area contributed by atoms with Crippen molar-refractivity contribution in [1.29, 1.82) is 0 Å². The maximum absolute atomic E-state index is 11.0. The van der Waals surface area contributed by atoms with Gasteiger partial charge >= 0.3 is 5.97 Å². The Morgan fingerprint density at radius 3 is 2.65 bits per heavy atom. The third-order valence-electron chi connectivity index (χ3n) is 3.05. The lowest BCUT2D eigenvalue weighted by Gasteiger charge is -2.07. The molecule has 23 heavy (non-hydrogen) atoms. The molecule has 118 valence electrons. The molecule has 0 aliphatic carbocycles. The molecule has 2 rings (SSSR count). The highest BCUT2D eigenvalue weighted by molar-refractivity contribution is 6.33. The molecule has 8 heteroatoms. The molecule has 0 aromatic heterocycles. The van der Waals surface area contributed by atoms with Gasteiger partial charge in [-0.3, -0.25) is 15.5 Å². The van der Waals surface area contributed by atoms with E-state index in [-0.39, 0.29) is 16.3 Å². The second-order valence-electron chi connectivity index (χ2n) is 4.58. The van der Waals surface area contributed by atoms with Gasteiger partial charge in [0.05, 0.1) is 32.5 Å². The van der Waals surface area contributed by atoms with E-state index in [0.29, 0.717) is 17.0 Å².